The van der Waals surface area contributed by atoms with E-state index in [1.54, 1.807) is 0 Å². The molecule has 1 fully saturated rings. The Morgan fingerprint density at radius 1 is 1.38 bits per heavy atom. The van der Waals surface area contributed by atoms with Crippen molar-refractivity contribution in [3.63, 3.8) is 0 Å². The van der Waals surface area contributed by atoms with Gasteiger partial charge in [0, 0.05) is 12.7 Å². The molecule has 1 aliphatic carbocycles. The van der Waals surface area contributed by atoms with E-state index in [9.17, 15) is 18.0 Å². The van der Waals surface area contributed by atoms with Gasteiger partial charge in [-0.3, -0.25) is 4.79 Å². The summed E-state index contributed by atoms with van der Waals surface area (Å²) in [5.41, 5.74) is -0.424. The summed E-state index contributed by atoms with van der Waals surface area (Å²) in [7, 11) is -3.10. The second-order valence-electron chi connectivity index (χ2n) is 5.59. The molecule has 116 valence electrons. The summed E-state index contributed by atoms with van der Waals surface area (Å²) >= 11 is 0. The van der Waals surface area contributed by atoms with Gasteiger partial charge in [0.05, 0.1) is 12.3 Å². The minimum atomic E-state index is -3.10. The first kappa shape index (κ1) is 15.6. The number of carboxylic acid groups (broad SMARTS) is 1. The standard InChI is InChI=1S/C13H17NO6S/c1-21(18,19)8-13(4-5-13)6-11(15)14-7-9-2-3-10(20-9)12(16)17/h2-3H,4-8H2,1H3,(H,14,15)(H,16,17). The number of carboxylic acids is 1. The molecule has 1 saturated carbocycles. The van der Waals surface area contributed by atoms with Crippen LogP contribution in [0, 0.1) is 5.41 Å². The molecule has 1 aromatic heterocycles. The van der Waals surface area contributed by atoms with Crippen molar-refractivity contribution in [2.75, 3.05) is 12.0 Å². The van der Waals surface area contributed by atoms with Crippen LogP contribution in [0.3, 0.4) is 0 Å². The van der Waals surface area contributed by atoms with Gasteiger partial charge in [0.2, 0.25) is 11.7 Å². The number of sulfone groups is 1. The van der Waals surface area contributed by atoms with Crippen molar-refractivity contribution in [2.45, 2.75) is 25.8 Å². The van der Waals surface area contributed by atoms with E-state index < -0.39 is 21.2 Å². The number of hydrogen-bond donors (Lipinski definition) is 2. The van der Waals surface area contributed by atoms with Gasteiger partial charge in [0.25, 0.3) is 0 Å². The Morgan fingerprint density at radius 3 is 2.52 bits per heavy atom. The lowest BCUT2D eigenvalue weighted by molar-refractivity contribution is -0.122. The molecule has 2 rings (SSSR count). The number of carbonyl (C=O) groups excluding carboxylic acids is 1. The Kier molecular flexibility index (Phi) is 4.08. The third-order valence-corrected chi connectivity index (χ3v) is 4.53. The Hall–Kier alpha value is -1.83. The normalized spacial score (nSPS) is 16.4. The number of carbonyl (C=O) groups is 2. The van der Waals surface area contributed by atoms with Crippen LogP contribution in [0.2, 0.25) is 0 Å². The molecule has 0 saturated heterocycles. The van der Waals surface area contributed by atoms with Crippen molar-refractivity contribution in [3.8, 4) is 0 Å². The van der Waals surface area contributed by atoms with Crippen molar-refractivity contribution < 1.29 is 27.5 Å². The second kappa shape index (κ2) is 5.51. The van der Waals surface area contributed by atoms with Crippen molar-refractivity contribution in [2.24, 2.45) is 5.41 Å². The first-order valence-electron chi connectivity index (χ1n) is 6.46. The first-order valence-corrected chi connectivity index (χ1v) is 8.52. The quantitative estimate of drug-likeness (QED) is 0.769. The monoisotopic (exact) mass is 315 g/mol. The number of amides is 1. The van der Waals surface area contributed by atoms with E-state index in [2.05, 4.69) is 5.32 Å². The summed E-state index contributed by atoms with van der Waals surface area (Å²) in [6.07, 6.45) is 2.79. The van der Waals surface area contributed by atoms with Crippen LogP contribution in [0.4, 0.5) is 0 Å². The lowest BCUT2D eigenvalue weighted by atomic mass is 10.1. The predicted octanol–water partition coefficient (Wildman–Crippen LogP) is 0.809. The highest BCUT2D eigenvalue weighted by atomic mass is 32.2. The van der Waals surface area contributed by atoms with Crippen molar-refractivity contribution in [1.82, 2.24) is 5.32 Å². The molecule has 1 aromatic rings. The van der Waals surface area contributed by atoms with Gasteiger partial charge in [-0.05, 0) is 30.4 Å². The molecular formula is C13H17NO6S. The molecule has 0 aromatic carbocycles. The first-order chi connectivity index (χ1) is 9.69. The predicted molar refractivity (Wildman–Crippen MR) is 73.5 cm³/mol. The third kappa shape index (κ3) is 4.59. The number of nitrogens with one attached hydrogen (secondary N) is 1. The zero-order valence-electron chi connectivity index (χ0n) is 11.6. The summed E-state index contributed by atoms with van der Waals surface area (Å²) in [6.45, 7) is 0.0844. The zero-order chi connectivity index (χ0) is 15.7. The maximum Gasteiger partial charge on any atom is 0.371 e. The highest BCUT2D eigenvalue weighted by molar-refractivity contribution is 7.90. The smallest absolute Gasteiger partial charge is 0.371 e. The minimum absolute atomic E-state index is 0.0251. The van der Waals surface area contributed by atoms with Gasteiger partial charge in [-0.25, -0.2) is 13.2 Å². The van der Waals surface area contributed by atoms with E-state index in [0.29, 0.717) is 5.76 Å². The number of hydrogen-bond acceptors (Lipinski definition) is 5. The molecule has 21 heavy (non-hydrogen) atoms. The van der Waals surface area contributed by atoms with Crippen LogP contribution in [0.15, 0.2) is 16.5 Å². The maximum absolute atomic E-state index is 11.8. The van der Waals surface area contributed by atoms with Crippen molar-refractivity contribution in [1.29, 1.82) is 0 Å². The average Bonchev–Trinajstić information content (AvgIpc) is 2.91. The Morgan fingerprint density at radius 2 is 2.05 bits per heavy atom. The molecule has 8 heteroatoms. The summed E-state index contributed by atoms with van der Waals surface area (Å²) in [5.74, 6) is -1.25. The molecule has 0 unspecified atom stereocenters. The van der Waals surface area contributed by atoms with Crippen molar-refractivity contribution >= 4 is 21.7 Å². The SMILES string of the molecule is CS(=O)(=O)CC1(CC(=O)NCc2ccc(C(=O)O)o2)CC1. The Labute approximate surface area is 122 Å². The zero-order valence-corrected chi connectivity index (χ0v) is 12.4. The molecule has 7 nitrogen and oxygen atoms in total. The van der Waals surface area contributed by atoms with Crippen LogP contribution in [0.1, 0.15) is 35.6 Å². The van der Waals surface area contributed by atoms with E-state index in [1.165, 1.54) is 18.4 Å². The van der Waals surface area contributed by atoms with Gasteiger partial charge < -0.3 is 14.8 Å². The van der Waals surface area contributed by atoms with Crippen molar-refractivity contribution in [3.05, 3.63) is 23.7 Å². The summed E-state index contributed by atoms with van der Waals surface area (Å²) < 4.78 is 27.6. The fraction of sp³-hybridized carbons (Fsp3) is 0.538. The van der Waals surface area contributed by atoms with Crippen LogP contribution in [0.25, 0.3) is 0 Å². The summed E-state index contributed by atoms with van der Waals surface area (Å²) in [6, 6.07) is 2.79. The minimum Gasteiger partial charge on any atom is -0.475 e. The Bertz CT molecular complexity index is 656. The topological polar surface area (TPSA) is 114 Å². The molecule has 0 spiro atoms. The van der Waals surface area contributed by atoms with Crippen LogP contribution in [-0.2, 0) is 21.2 Å². The van der Waals surface area contributed by atoms with Gasteiger partial charge in [0.1, 0.15) is 15.6 Å². The van der Waals surface area contributed by atoms with Gasteiger partial charge in [-0.15, -0.1) is 0 Å². The van der Waals surface area contributed by atoms with Gasteiger partial charge in [0.15, 0.2) is 0 Å². The molecule has 1 amide bonds. The lowest BCUT2D eigenvalue weighted by Gasteiger charge is -2.13. The van der Waals surface area contributed by atoms with Crippen LogP contribution in [0.5, 0.6) is 0 Å². The van der Waals surface area contributed by atoms with E-state index in [1.807, 2.05) is 0 Å². The Balaban J connectivity index is 1.83. The third-order valence-electron chi connectivity index (χ3n) is 3.39. The molecule has 0 atom stereocenters. The second-order valence-corrected chi connectivity index (χ2v) is 7.73. The van der Waals surface area contributed by atoms with Gasteiger partial charge >= 0.3 is 5.97 Å². The average molecular weight is 315 g/mol. The fourth-order valence-electron chi connectivity index (χ4n) is 2.28. The van der Waals surface area contributed by atoms with Crippen LogP contribution < -0.4 is 5.32 Å². The molecule has 0 bridgehead atoms. The maximum atomic E-state index is 11.8. The number of furan rings is 1. The van der Waals surface area contributed by atoms with Gasteiger partial charge in [-0.2, -0.15) is 0 Å². The molecule has 1 aliphatic rings. The van der Waals surface area contributed by atoms with E-state index in [0.717, 1.165) is 12.8 Å². The number of rotatable bonds is 7. The van der Waals surface area contributed by atoms with E-state index in [-0.39, 0.29) is 30.4 Å². The molecule has 0 radical (unpaired) electrons. The number of aromatic carboxylic acids is 1. The fourth-order valence-corrected chi connectivity index (χ4v) is 3.78. The summed E-state index contributed by atoms with van der Waals surface area (Å²) in [4.78, 5) is 22.5. The highest BCUT2D eigenvalue weighted by Crippen LogP contribution is 2.49. The highest BCUT2D eigenvalue weighted by Gasteiger charge is 2.46. The molecule has 2 N–H and O–H groups in total. The van der Waals surface area contributed by atoms with E-state index >= 15 is 0 Å². The largest absolute Gasteiger partial charge is 0.475 e. The van der Waals surface area contributed by atoms with Gasteiger partial charge in [-0.1, -0.05) is 0 Å². The van der Waals surface area contributed by atoms with E-state index in [4.69, 9.17) is 9.52 Å². The van der Waals surface area contributed by atoms with Crippen LogP contribution in [-0.4, -0.2) is 37.4 Å². The van der Waals surface area contributed by atoms with Crippen LogP contribution >= 0.6 is 0 Å². The summed E-state index contributed by atoms with van der Waals surface area (Å²) in [5, 5.41) is 11.3. The molecular weight excluding hydrogens is 298 g/mol. The molecule has 0 aliphatic heterocycles. The lowest BCUT2D eigenvalue weighted by Crippen LogP contribution is -2.28. The molecule has 1 heterocycles.